The van der Waals surface area contributed by atoms with Crippen LogP contribution >= 0.6 is 0 Å². The first-order chi connectivity index (χ1) is 16.7. The van der Waals surface area contributed by atoms with E-state index in [2.05, 4.69) is 32.6 Å². The van der Waals surface area contributed by atoms with E-state index in [-0.39, 0.29) is 11.8 Å². The zero-order valence-electron chi connectivity index (χ0n) is 19.4. The molecule has 2 N–H and O–H groups in total. The van der Waals surface area contributed by atoms with Gasteiger partial charge < -0.3 is 20.3 Å². The Balaban J connectivity index is 1.06. The highest BCUT2D eigenvalue weighted by molar-refractivity contribution is 5.94. The molecule has 0 unspecified atom stereocenters. The highest BCUT2D eigenvalue weighted by Gasteiger charge is 2.18. The molecule has 7 heteroatoms. The molecule has 1 saturated heterocycles. The summed E-state index contributed by atoms with van der Waals surface area (Å²) in [6, 6.07) is 17.0. The van der Waals surface area contributed by atoms with E-state index in [1.807, 2.05) is 30.3 Å². The molecule has 0 spiro atoms. The van der Waals surface area contributed by atoms with Crippen LogP contribution in [0.15, 0.2) is 54.6 Å². The lowest BCUT2D eigenvalue weighted by Gasteiger charge is -2.36. The summed E-state index contributed by atoms with van der Waals surface area (Å²) in [5.74, 6) is 0.606. The third-order valence-electron chi connectivity index (χ3n) is 6.68. The molecule has 0 radical (unpaired) electrons. The number of benzene rings is 3. The van der Waals surface area contributed by atoms with Gasteiger partial charge in [0, 0.05) is 55.6 Å². The Labute approximate surface area is 199 Å². The number of ether oxygens (including phenoxy) is 1. The van der Waals surface area contributed by atoms with Crippen molar-refractivity contribution in [3.8, 4) is 5.75 Å². The Morgan fingerprint density at radius 1 is 0.971 bits per heavy atom. The van der Waals surface area contributed by atoms with Gasteiger partial charge in [-0.25, -0.2) is 9.18 Å². The third-order valence-corrected chi connectivity index (χ3v) is 6.68. The number of carbonyl (C=O) groups is 1. The number of amides is 2. The molecule has 0 bridgehead atoms. The minimum atomic E-state index is -0.187. The van der Waals surface area contributed by atoms with Crippen LogP contribution in [0.25, 0.3) is 10.8 Å². The number of anilines is 2. The highest BCUT2D eigenvalue weighted by Crippen LogP contribution is 2.28. The van der Waals surface area contributed by atoms with Crippen molar-refractivity contribution in [1.29, 1.82) is 0 Å². The van der Waals surface area contributed by atoms with Gasteiger partial charge in [-0.05, 0) is 61.0 Å². The van der Waals surface area contributed by atoms with Gasteiger partial charge in [0.1, 0.15) is 11.6 Å². The van der Waals surface area contributed by atoms with E-state index in [1.165, 1.54) is 6.07 Å². The van der Waals surface area contributed by atoms with Gasteiger partial charge in [0.2, 0.25) is 0 Å². The van der Waals surface area contributed by atoms with Crippen LogP contribution in [0, 0.1) is 5.82 Å². The van der Waals surface area contributed by atoms with Gasteiger partial charge in [0.25, 0.3) is 0 Å². The molecular formula is C27H31FN4O2. The molecule has 2 amide bonds. The van der Waals surface area contributed by atoms with Gasteiger partial charge in [-0.3, -0.25) is 4.90 Å². The second-order valence-corrected chi connectivity index (χ2v) is 8.98. The quantitative estimate of drug-likeness (QED) is 0.503. The third kappa shape index (κ3) is 5.25. The fourth-order valence-electron chi connectivity index (χ4n) is 4.80. The van der Waals surface area contributed by atoms with Gasteiger partial charge in [-0.15, -0.1) is 0 Å². The monoisotopic (exact) mass is 462 g/mol. The van der Waals surface area contributed by atoms with Gasteiger partial charge in [0.05, 0.1) is 6.61 Å². The molecule has 2 aliphatic heterocycles. The van der Waals surface area contributed by atoms with Gasteiger partial charge in [-0.2, -0.15) is 0 Å². The molecule has 2 heterocycles. The number of halogens is 1. The van der Waals surface area contributed by atoms with Crippen LogP contribution in [0.3, 0.4) is 0 Å². The molecule has 0 saturated carbocycles. The second-order valence-electron chi connectivity index (χ2n) is 8.98. The van der Waals surface area contributed by atoms with Crippen LogP contribution in [0.5, 0.6) is 5.75 Å². The van der Waals surface area contributed by atoms with Gasteiger partial charge in [0.15, 0.2) is 0 Å². The fraction of sp³-hybridized carbons (Fsp3) is 0.370. The van der Waals surface area contributed by atoms with Gasteiger partial charge >= 0.3 is 6.03 Å². The standard InChI is InChI=1S/C27H31FN4O2/c28-22-8-6-20-4-3-5-26(24(20)18-22)32-15-13-31(14-16-32)12-1-2-17-34-23-9-7-21-10-11-29-27(33)30-25(21)19-23/h3-9,18-19H,1-2,10-17H2,(H2,29,30,33). The molecule has 0 aromatic heterocycles. The summed E-state index contributed by atoms with van der Waals surface area (Å²) in [7, 11) is 0. The lowest BCUT2D eigenvalue weighted by Crippen LogP contribution is -2.46. The molecule has 6 nitrogen and oxygen atoms in total. The van der Waals surface area contributed by atoms with Crippen molar-refractivity contribution in [1.82, 2.24) is 10.2 Å². The van der Waals surface area contributed by atoms with Gasteiger partial charge in [-0.1, -0.05) is 24.3 Å². The van der Waals surface area contributed by atoms with Crippen molar-refractivity contribution in [2.75, 3.05) is 56.1 Å². The van der Waals surface area contributed by atoms with Crippen molar-refractivity contribution >= 4 is 28.2 Å². The van der Waals surface area contributed by atoms with Crippen molar-refractivity contribution in [2.24, 2.45) is 0 Å². The summed E-state index contributed by atoms with van der Waals surface area (Å²) in [6.45, 7) is 6.26. The number of piperazine rings is 1. The van der Waals surface area contributed by atoms with Crippen LogP contribution in [-0.4, -0.2) is 56.8 Å². The smallest absolute Gasteiger partial charge is 0.319 e. The van der Waals surface area contributed by atoms with Crippen LogP contribution < -0.4 is 20.3 Å². The number of nitrogens with one attached hydrogen (secondary N) is 2. The number of urea groups is 1. The molecule has 1 fully saturated rings. The summed E-state index contributed by atoms with van der Waals surface area (Å²) in [4.78, 5) is 16.6. The van der Waals surface area contributed by atoms with E-state index >= 15 is 0 Å². The minimum Gasteiger partial charge on any atom is -0.494 e. The Bertz CT molecular complexity index is 1160. The van der Waals surface area contributed by atoms with E-state index in [0.29, 0.717) is 13.2 Å². The number of carbonyl (C=O) groups excluding carboxylic acids is 1. The first-order valence-corrected chi connectivity index (χ1v) is 12.1. The molecule has 178 valence electrons. The maximum atomic E-state index is 13.8. The molecule has 3 aromatic rings. The highest BCUT2D eigenvalue weighted by atomic mass is 19.1. The molecule has 3 aromatic carbocycles. The van der Waals surface area contributed by atoms with Crippen LogP contribution in [-0.2, 0) is 6.42 Å². The summed E-state index contributed by atoms with van der Waals surface area (Å²) < 4.78 is 19.7. The first-order valence-electron chi connectivity index (χ1n) is 12.1. The number of unbranched alkanes of at least 4 members (excludes halogenated alkanes) is 1. The SMILES string of the molecule is O=C1NCCc2ccc(OCCCCN3CCN(c4cccc5ccc(F)cc45)CC3)cc2N1. The predicted molar refractivity (Wildman–Crippen MR) is 134 cm³/mol. The van der Waals surface area contributed by atoms with E-state index in [0.717, 1.165) is 85.4 Å². The Morgan fingerprint density at radius 3 is 2.74 bits per heavy atom. The van der Waals surface area contributed by atoms with E-state index in [4.69, 9.17) is 4.74 Å². The number of rotatable bonds is 7. The number of nitrogens with zero attached hydrogens (tertiary/aromatic N) is 2. The lowest BCUT2D eigenvalue weighted by atomic mass is 10.1. The van der Waals surface area contributed by atoms with Crippen molar-refractivity contribution in [3.63, 3.8) is 0 Å². The molecule has 2 aliphatic rings. The average molecular weight is 463 g/mol. The summed E-state index contributed by atoms with van der Waals surface area (Å²) in [6.07, 6.45) is 2.87. The normalized spacial score (nSPS) is 16.5. The van der Waals surface area contributed by atoms with Crippen LogP contribution in [0.2, 0.25) is 0 Å². The van der Waals surface area contributed by atoms with E-state index in [9.17, 15) is 9.18 Å². The zero-order chi connectivity index (χ0) is 23.3. The van der Waals surface area contributed by atoms with Crippen LogP contribution in [0.1, 0.15) is 18.4 Å². The molecular weight excluding hydrogens is 431 g/mol. The summed E-state index contributed by atoms with van der Waals surface area (Å²) >= 11 is 0. The largest absolute Gasteiger partial charge is 0.494 e. The van der Waals surface area contributed by atoms with Crippen molar-refractivity contribution < 1.29 is 13.9 Å². The summed E-state index contributed by atoms with van der Waals surface area (Å²) in [5.41, 5.74) is 3.08. The maximum Gasteiger partial charge on any atom is 0.319 e. The van der Waals surface area contributed by atoms with Crippen molar-refractivity contribution in [2.45, 2.75) is 19.3 Å². The number of hydrogen-bond donors (Lipinski definition) is 2. The fourth-order valence-corrected chi connectivity index (χ4v) is 4.80. The Kier molecular flexibility index (Phi) is 6.81. The average Bonchev–Trinajstić information content (AvgIpc) is 3.04. The summed E-state index contributed by atoms with van der Waals surface area (Å²) in [5, 5.41) is 7.75. The minimum absolute atomic E-state index is 0.163. The topological polar surface area (TPSA) is 56.8 Å². The zero-order valence-corrected chi connectivity index (χ0v) is 19.4. The second kappa shape index (κ2) is 10.3. The molecule has 0 atom stereocenters. The van der Waals surface area contributed by atoms with Crippen LogP contribution in [0.4, 0.5) is 20.6 Å². The Hall–Kier alpha value is -3.32. The Morgan fingerprint density at radius 2 is 1.85 bits per heavy atom. The molecule has 34 heavy (non-hydrogen) atoms. The molecule has 5 rings (SSSR count). The molecule has 0 aliphatic carbocycles. The van der Waals surface area contributed by atoms with E-state index in [1.54, 1.807) is 6.07 Å². The van der Waals surface area contributed by atoms with Crippen molar-refractivity contribution in [3.05, 3.63) is 66.0 Å². The van der Waals surface area contributed by atoms with E-state index < -0.39 is 0 Å². The maximum absolute atomic E-state index is 13.8. The number of fused-ring (bicyclic) bond motifs is 2. The lowest BCUT2D eigenvalue weighted by molar-refractivity contribution is 0.239. The predicted octanol–water partition coefficient (Wildman–Crippen LogP) is 4.64. The number of hydrogen-bond acceptors (Lipinski definition) is 4. The first kappa shape index (κ1) is 22.5.